The molecule has 2 N–H and O–H groups in total. The third-order valence-electron chi connectivity index (χ3n) is 2.34. The number of pyridine rings is 1. The molecule has 2 heterocycles. The molecule has 6 nitrogen and oxygen atoms in total. The van der Waals surface area contributed by atoms with Crippen LogP contribution in [0.4, 0.5) is 11.5 Å². The minimum Gasteiger partial charge on any atom is -0.377 e. The Morgan fingerprint density at radius 3 is 2.94 bits per heavy atom. The first-order valence-electron chi connectivity index (χ1n) is 6.01. The van der Waals surface area contributed by atoms with Crippen LogP contribution in [0.3, 0.4) is 0 Å². The lowest BCUT2D eigenvalue weighted by molar-refractivity contribution is 0.388. The maximum Gasteiger partial charge on any atom is 0.223 e. The molecule has 0 radical (unpaired) electrons. The number of hydrogen-bond acceptors (Lipinski definition) is 6. The zero-order valence-electron chi connectivity index (χ0n) is 10.6. The Labute approximate surface area is 106 Å². The van der Waals surface area contributed by atoms with Crippen LogP contribution in [0.2, 0.25) is 0 Å². The maximum atomic E-state index is 4.90. The summed E-state index contributed by atoms with van der Waals surface area (Å²) in [6.07, 6.45) is 2.84. The van der Waals surface area contributed by atoms with E-state index >= 15 is 0 Å². The molecule has 0 unspecified atom stereocenters. The molecule has 6 heteroatoms. The van der Waals surface area contributed by atoms with Gasteiger partial charge < -0.3 is 15.2 Å². The van der Waals surface area contributed by atoms with Crippen LogP contribution in [0, 0.1) is 6.92 Å². The molecule has 96 valence electrons. The second-order valence-electron chi connectivity index (χ2n) is 3.94. The molecule has 18 heavy (non-hydrogen) atoms. The topological polar surface area (TPSA) is 75.9 Å². The summed E-state index contributed by atoms with van der Waals surface area (Å²) < 4.78 is 4.90. The average Bonchev–Trinajstić information content (AvgIpc) is 2.80. The van der Waals surface area contributed by atoms with E-state index in [9.17, 15) is 0 Å². The minimum absolute atomic E-state index is 0.536. The van der Waals surface area contributed by atoms with E-state index in [0.29, 0.717) is 18.3 Å². The van der Waals surface area contributed by atoms with Gasteiger partial charge in [0.2, 0.25) is 5.89 Å². The number of anilines is 2. The summed E-state index contributed by atoms with van der Waals surface area (Å²) in [4.78, 5) is 8.36. The van der Waals surface area contributed by atoms with Crippen molar-refractivity contribution in [3.05, 3.63) is 30.0 Å². The SMILES string of the molecule is CCCNc1cc(NCc2noc(C)n2)ccn1. The molecule has 0 fully saturated rings. The van der Waals surface area contributed by atoms with Crippen LogP contribution in [0.25, 0.3) is 0 Å². The van der Waals surface area contributed by atoms with Gasteiger partial charge in [-0.2, -0.15) is 4.98 Å². The summed E-state index contributed by atoms with van der Waals surface area (Å²) in [5.74, 6) is 2.09. The highest BCUT2D eigenvalue weighted by atomic mass is 16.5. The van der Waals surface area contributed by atoms with Crippen LogP contribution in [0.15, 0.2) is 22.9 Å². The number of nitrogens with one attached hydrogen (secondary N) is 2. The van der Waals surface area contributed by atoms with Crippen molar-refractivity contribution in [3.63, 3.8) is 0 Å². The molecule has 0 aromatic carbocycles. The third-order valence-corrected chi connectivity index (χ3v) is 2.34. The normalized spacial score (nSPS) is 10.3. The average molecular weight is 247 g/mol. The van der Waals surface area contributed by atoms with Crippen molar-refractivity contribution in [2.45, 2.75) is 26.8 Å². The van der Waals surface area contributed by atoms with Gasteiger partial charge in [-0.15, -0.1) is 0 Å². The van der Waals surface area contributed by atoms with Gasteiger partial charge in [-0.25, -0.2) is 4.98 Å². The van der Waals surface area contributed by atoms with Crippen molar-refractivity contribution in [1.29, 1.82) is 0 Å². The molecule has 2 aromatic rings. The lowest BCUT2D eigenvalue weighted by Crippen LogP contribution is -2.04. The van der Waals surface area contributed by atoms with Gasteiger partial charge in [0.25, 0.3) is 0 Å². The van der Waals surface area contributed by atoms with Crippen molar-refractivity contribution in [2.24, 2.45) is 0 Å². The van der Waals surface area contributed by atoms with Gasteiger partial charge >= 0.3 is 0 Å². The van der Waals surface area contributed by atoms with E-state index in [1.54, 1.807) is 13.1 Å². The first kappa shape index (κ1) is 12.3. The Hall–Kier alpha value is -2.11. The fraction of sp³-hybridized carbons (Fsp3) is 0.417. The summed E-state index contributed by atoms with van der Waals surface area (Å²) in [7, 11) is 0. The molecule has 2 aromatic heterocycles. The maximum absolute atomic E-state index is 4.90. The Kier molecular flexibility index (Phi) is 4.11. The van der Waals surface area contributed by atoms with Gasteiger partial charge in [0, 0.05) is 31.4 Å². The zero-order chi connectivity index (χ0) is 12.8. The Bertz CT molecular complexity index is 497. The summed E-state index contributed by atoms with van der Waals surface area (Å²) in [5.41, 5.74) is 0.978. The van der Waals surface area contributed by atoms with Crippen molar-refractivity contribution >= 4 is 11.5 Å². The fourth-order valence-electron chi connectivity index (χ4n) is 1.48. The number of aromatic nitrogens is 3. The first-order valence-corrected chi connectivity index (χ1v) is 6.01. The lowest BCUT2D eigenvalue weighted by atomic mass is 10.3. The van der Waals surface area contributed by atoms with E-state index in [1.165, 1.54) is 0 Å². The molecule has 0 saturated heterocycles. The van der Waals surface area contributed by atoms with Gasteiger partial charge in [-0.3, -0.25) is 0 Å². The number of rotatable bonds is 6. The highest BCUT2D eigenvalue weighted by Crippen LogP contribution is 2.12. The third kappa shape index (κ3) is 3.44. The second-order valence-corrected chi connectivity index (χ2v) is 3.94. The van der Waals surface area contributed by atoms with Crippen molar-refractivity contribution < 1.29 is 4.52 Å². The smallest absolute Gasteiger partial charge is 0.223 e. The highest BCUT2D eigenvalue weighted by molar-refractivity contribution is 5.51. The van der Waals surface area contributed by atoms with Crippen molar-refractivity contribution in [2.75, 3.05) is 17.2 Å². The number of hydrogen-bond donors (Lipinski definition) is 2. The minimum atomic E-state index is 0.536. The van der Waals surface area contributed by atoms with Gasteiger partial charge in [-0.05, 0) is 12.5 Å². The summed E-state index contributed by atoms with van der Waals surface area (Å²) >= 11 is 0. The lowest BCUT2D eigenvalue weighted by Gasteiger charge is -2.07. The van der Waals surface area contributed by atoms with E-state index in [-0.39, 0.29) is 0 Å². The molecule has 0 spiro atoms. The van der Waals surface area contributed by atoms with E-state index < -0.39 is 0 Å². The molecule has 2 rings (SSSR count). The Balaban J connectivity index is 1.92. The molecule has 0 aliphatic rings. The molecule has 0 amide bonds. The summed E-state index contributed by atoms with van der Waals surface area (Å²) in [6.45, 7) is 5.35. The van der Waals surface area contributed by atoms with Gasteiger partial charge in [0.1, 0.15) is 5.82 Å². The van der Waals surface area contributed by atoms with Crippen LogP contribution >= 0.6 is 0 Å². The fourth-order valence-corrected chi connectivity index (χ4v) is 1.48. The predicted molar refractivity (Wildman–Crippen MR) is 69.4 cm³/mol. The van der Waals surface area contributed by atoms with Crippen LogP contribution in [0.1, 0.15) is 25.1 Å². The zero-order valence-corrected chi connectivity index (χ0v) is 10.6. The first-order chi connectivity index (χ1) is 8.78. The van der Waals surface area contributed by atoms with Crippen LogP contribution in [-0.2, 0) is 6.54 Å². The quantitative estimate of drug-likeness (QED) is 0.815. The van der Waals surface area contributed by atoms with E-state index in [0.717, 1.165) is 24.5 Å². The monoisotopic (exact) mass is 247 g/mol. The molecular formula is C12H17N5O. The van der Waals surface area contributed by atoms with Crippen LogP contribution in [-0.4, -0.2) is 21.7 Å². The van der Waals surface area contributed by atoms with Crippen molar-refractivity contribution in [1.82, 2.24) is 15.1 Å². The number of nitrogens with zero attached hydrogens (tertiary/aromatic N) is 3. The van der Waals surface area contributed by atoms with Gasteiger partial charge in [0.15, 0.2) is 5.82 Å². The molecular weight excluding hydrogens is 230 g/mol. The molecule has 0 aliphatic heterocycles. The van der Waals surface area contributed by atoms with Crippen LogP contribution in [0.5, 0.6) is 0 Å². The molecule has 0 atom stereocenters. The molecule has 0 bridgehead atoms. The number of aryl methyl sites for hydroxylation is 1. The predicted octanol–water partition coefficient (Wildman–Crippen LogP) is 2.21. The van der Waals surface area contributed by atoms with Gasteiger partial charge in [0.05, 0.1) is 6.54 Å². The van der Waals surface area contributed by atoms with E-state index in [2.05, 4.69) is 32.7 Å². The van der Waals surface area contributed by atoms with E-state index in [4.69, 9.17) is 4.52 Å². The Morgan fingerprint density at radius 2 is 2.22 bits per heavy atom. The highest BCUT2D eigenvalue weighted by Gasteiger charge is 2.02. The standard InChI is InChI=1S/C12H17N5O/c1-3-5-13-11-7-10(4-6-14-11)15-8-12-16-9(2)18-17-12/h4,6-7H,3,5,8H2,1-2H3,(H2,13,14,15). The van der Waals surface area contributed by atoms with Gasteiger partial charge in [-0.1, -0.05) is 12.1 Å². The second kappa shape index (κ2) is 6.00. The van der Waals surface area contributed by atoms with E-state index in [1.807, 2.05) is 12.1 Å². The molecule has 0 saturated carbocycles. The molecule has 0 aliphatic carbocycles. The van der Waals surface area contributed by atoms with Crippen LogP contribution < -0.4 is 10.6 Å². The largest absolute Gasteiger partial charge is 0.377 e. The van der Waals surface area contributed by atoms with Crippen molar-refractivity contribution in [3.8, 4) is 0 Å². The Morgan fingerprint density at radius 1 is 1.33 bits per heavy atom. The summed E-state index contributed by atoms with van der Waals surface area (Å²) in [6, 6.07) is 3.87. The summed E-state index contributed by atoms with van der Waals surface area (Å²) in [5, 5.41) is 10.3.